The first-order chi connectivity index (χ1) is 8.50. The van der Waals surface area contributed by atoms with Crippen molar-refractivity contribution in [2.24, 2.45) is 4.99 Å². The van der Waals surface area contributed by atoms with E-state index >= 15 is 0 Å². The molecule has 0 aromatic heterocycles. The van der Waals surface area contributed by atoms with E-state index < -0.39 is 9.84 Å². The van der Waals surface area contributed by atoms with Gasteiger partial charge in [0.25, 0.3) is 0 Å². The zero-order chi connectivity index (χ0) is 13.2. The fourth-order valence-electron chi connectivity index (χ4n) is 1.50. The summed E-state index contributed by atoms with van der Waals surface area (Å²) in [7, 11) is -1.63. The summed E-state index contributed by atoms with van der Waals surface area (Å²) in [6.45, 7) is 1.72. The highest BCUT2D eigenvalue weighted by molar-refractivity contribution is 7.90. The van der Waals surface area contributed by atoms with Crippen molar-refractivity contribution in [3.05, 3.63) is 48.5 Å². The molecule has 0 bridgehead atoms. The van der Waals surface area contributed by atoms with Gasteiger partial charge < -0.3 is 10.1 Å². The van der Waals surface area contributed by atoms with Crippen molar-refractivity contribution in [3.8, 4) is 0 Å². The maximum absolute atomic E-state index is 11.3. The largest absolute Gasteiger partial charge is 0.480 e. The summed E-state index contributed by atoms with van der Waals surface area (Å²) in [5.74, 6) is 0.472. The molecule has 0 saturated carbocycles. The molecule has 5 nitrogen and oxygen atoms in total. The Balaban J connectivity index is 2.31. The molecule has 1 aliphatic rings. The number of ether oxygens (including phenoxy) is 1. The van der Waals surface area contributed by atoms with Gasteiger partial charge in [0.2, 0.25) is 5.88 Å². The van der Waals surface area contributed by atoms with Crippen LogP contribution in [0.15, 0.2) is 46.2 Å². The van der Waals surface area contributed by atoms with Gasteiger partial charge >= 0.3 is 0 Å². The third-order valence-electron chi connectivity index (χ3n) is 2.44. The Morgan fingerprint density at radius 1 is 1.22 bits per heavy atom. The first-order valence-corrected chi connectivity index (χ1v) is 7.12. The predicted molar refractivity (Wildman–Crippen MR) is 68.6 cm³/mol. The minimum Gasteiger partial charge on any atom is -0.480 e. The average Bonchev–Trinajstić information content (AvgIpc) is 2.38. The SMILES string of the molecule is COC1=CN[CH]C(c2ccc(S(C)(=O)=O)cc2)=N1. The molecule has 0 fully saturated rings. The number of nitrogens with zero attached hydrogens (tertiary/aromatic N) is 1. The standard InChI is InChI=1S/C12H13N2O3S/c1-17-12-8-13-7-11(14-12)9-3-5-10(6-4-9)18(2,15)16/h3-8,13H,1-2H3. The smallest absolute Gasteiger partial charge is 0.229 e. The molecule has 0 aliphatic carbocycles. The maximum atomic E-state index is 11.3. The molecule has 0 spiro atoms. The van der Waals surface area contributed by atoms with Crippen LogP contribution in [0.4, 0.5) is 0 Å². The fourth-order valence-corrected chi connectivity index (χ4v) is 2.13. The van der Waals surface area contributed by atoms with E-state index in [4.69, 9.17) is 4.74 Å². The lowest BCUT2D eigenvalue weighted by Crippen LogP contribution is -2.18. The molecule has 18 heavy (non-hydrogen) atoms. The summed E-state index contributed by atoms with van der Waals surface area (Å²) < 4.78 is 27.7. The summed E-state index contributed by atoms with van der Waals surface area (Å²) in [6.07, 6.45) is 2.81. The Bertz CT molecular complexity index is 601. The number of sulfone groups is 1. The van der Waals surface area contributed by atoms with Crippen LogP contribution in [0.2, 0.25) is 0 Å². The van der Waals surface area contributed by atoms with Crippen LogP contribution in [0.25, 0.3) is 0 Å². The second-order valence-corrected chi connectivity index (χ2v) is 5.81. The van der Waals surface area contributed by atoms with Gasteiger partial charge in [0.15, 0.2) is 9.84 Å². The van der Waals surface area contributed by atoms with E-state index in [0.29, 0.717) is 11.6 Å². The van der Waals surface area contributed by atoms with Crippen LogP contribution < -0.4 is 5.32 Å². The van der Waals surface area contributed by atoms with Gasteiger partial charge in [0.05, 0.1) is 30.5 Å². The summed E-state index contributed by atoms with van der Waals surface area (Å²) in [6, 6.07) is 6.55. The van der Waals surface area contributed by atoms with Crippen molar-refractivity contribution in [2.45, 2.75) is 4.90 Å². The number of hydrogen-bond acceptors (Lipinski definition) is 5. The first-order valence-electron chi connectivity index (χ1n) is 5.23. The maximum Gasteiger partial charge on any atom is 0.229 e. The van der Waals surface area contributed by atoms with Gasteiger partial charge in [-0.2, -0.15) is 0 Å². The molecule has 95 valence electrons. The first kappa shape index (κ1) is 12.6. The lowest BCUT2D eigenvalue weighted by atomic mass is 10.1. The highest BCUT2D eigenvalue weighted by Crippen LogP contribution is 2.14. The summed E-state index contributed by atoms with van der Waals surface area (Å²) in [5, 5.41) is 2.92. The van der Waals surface area contributed by atoms with Crippen molar-refractivity contribution >= 4 is 15.5 Å². The fraction of sp³-hybridized carbons (Fsp3) is 0.167. The van der Waals surface area contributed by atoms with Crippen LogP contribution in [-0.2, 0) is 14.6 Å². The van der Waals surface area contributed by atoms with Gasteiger partial charge in [-0.25, -0.2) is 13.4 Å². The summed E-state index contributed by atoms with van der Waals surface area (Å²) in [4.78, 5) is 4.54. The molecule has 1 aromatic rings. The summed E-state index contributed by atoms with van der Waals surface area (Å²) in [5.41, 5.74) is 1.51. The Morgan fingerprint density at radius 3 is 2.44 bits per heavy atom. The monoisotopic (exact) mass is 265 g/mol. The number of hydrogen-bond donors (Lipinski definition) is 1. The average molecular weight is 265 g/mol. The van der Waals surface area contributed by atoms with E-state index in [0.717, 1.165) is 5.56 Å². The number of rotatable bonds is 3. The Morgan fingerprint density at radius 2 is 1.89 bits per heavy atom. The highest BCUT2D eigenvalue weighted by atomic mass is 32.2. The molecule has 0 amide bonds. The number of methoxy groups -OCH3 is 1. The quantitative estimate of drug-likeness (QED) is 0.888. The van der Waals surface area contributed by atoms with Crippen LogP contribution in [0.5, 0.6) is 0 Å². The third kappa shape index (κ3) is 2.70. The second-order valence-electron chi connectivity index (χ2n) is 3.79. The molecular formula is C12H13N2O3S. The molecule has 1 aromatic carbocycles. The zero-order valence-electron chi connectivity index (χ0n) is 10.0. The van der Waals surface area contributed by atoms with Gasteiger partial charge in [0, 0.05) is 6.26 Å². The summed E-state index contributed by atoms with van der Waals surface area (Å²) >= 11 is 0. The van der Waals surface area contributed by atoms with Crippen molar-refractivity contribution in [2.75, 3.05) is 13.4 Å². The molecule has 1 heterocycles. The molecule has 2 rings (SSSR count). The number of benzene rings is 1. The Hall–Kier alpha value is -1.82. The molecule has 0 unspecified atom stereocenters. The van der Waals surface area contributed by atoms with Gasteiger partial charge in [-0.15, -0.1) is 0 Å². The molecule has 6 heteroatoms. The predicted octanol–water partition coefficient (Wildman–Crippen LogP) is 1.09. The number of nitrogens with one attached hydrogen (secondary N) is 1. The van der Waals surface area contributed by atoms with Gasteiger partial charge in [-0.3, -0.25) is 0 Å². The van der Waals surface area contributed by atoms with Crippen molar-refractivity contribution in [3.63, 3.8) is 0 Å². The van der Waals surface area contributed by atoms with Gasteiger partial charge in [0.1, 0.15) is 0 Å². The van der Waals surface area contributed by atoms with Crippen molar-refractivity contribution < 1.29 is 13.2 Å². The van der Waals surface area contributed by atoms with Crippen LogP contribution in [-0.4, -0.2) is 27.5 Å². The molecule has 0 saturated heterocycles. The molecule has 1 N–H and O–H groups in total. The molecule has 1 radical (unpaired) electrons. The minimum atomic E-state index is -3.17. The zero-order valence-corrected chi connectivity index (χ0v) is 10.9. The lowest BCUT2D eigenvalue weighted by Gasteiger charge is -2.13. The third-order valence-corrected chi connectivity index (χ3v) is 3.57. The normalized spacial score (nSPS) is 15.4. The highest BCUT2D eigenvalue weighted by Gasteiger charge is 2.12. The second kappa shape index (κ2) is 4.81. The van der Waals surface area contributed by atoms with E-state index in [1.165, 1.54) is 13.4 Å². The van der Waals surface area contributed by atoms with E-state index in [9.17, 15) is 8.42 Å². The van der Waals surface area contributed by atoms with E-state index in [-0.39, 0.29) is 4.90 Å². The molecule has 1 aliphatic heterocycles. The van der Waals surface area contributed by atoms with Crippen molar-refractivity contribution in [1.82, 2.24) is 5.32 Å². The molecule has 0 atom stereocenters. The van der Waals surface area contributed by atoms with Crippen LogP contribution in [0.3, 0.4) is 0 Å². The number of aliphatic imine (C=N–C) groups is 1. The van der Waals surface area contributed by atoms with Crippen molar-refractivity contribution in [1.29, 1.82) is 0 Å². The van der Waals surface area contributed by atoms with E-state index in [1.807, 2.05) is 0 Å². The van der Waals surface area contributed by atoms with Crippen LogP contribution in [0.1, 0.15) is 5.56 Å². The van der Waals surface area contributed by atoms with E-state index in [2.05, 4.69) is 10.3 Å². The van der Waals surface area contributed by atoms with Crippen LogP contribution in [0, 0.1) is 6.54 Å². The van der Waals surface area contributed by atoms with Crippen LogP contribution >= 0.6 is 0 Å². The Labute approximate surface area is 106 Å². The molecular weight excluding hydrogens is 252 g/mol. The topological polar surface area (TPSA) is 67.8 Å². The van der Waals surface area contributed by atoms with E-state index in [1.54, 1.807) is 37.0 Å². The Kier molecular flexibility index (Phi) is 3.38. The van der Waals surface area contributed by atoms with Gasteiger partial charge in [-0.05, 0) is 17.7 Å². The minimum absolute atomic E-state index is 0.290. The lowest BCUT2D eigenvalue weighted by molar-refractivity contribution is 0.285. The van der Waals surface area contributed by atoms with Gasteiger partial charge in [-0.1, -0.05) is 12.1 Å².